The number of ether oxygens (including phenoxy) is 1. The zero-order valence-electron chi connectivity index (χ0n) is 11.7. The molecule has 8 nitrogen and oxygen atoms in total. The van der Waals surface area contributed by atoms with Crippen LogP contribution in [-0.2, 0) is 19.1 Å². The van der Waals surface area contributed by atoms with E-state index in [0.29, 0.717) is 5.76 Å². The normalized spacial score (nSPS) is 27.6. The lowest BCUT2D eigenvalue weighted by Gasteiger charge is -2.16. The van der Waals surface area contributed by atoms with Crippen molar-refractivity contribution in [2.24, 2.45) is 0 Å². The molecule has 0 spiro atoms. The minimum Gasteiger partial charge on any atom is -0.499 e. The third-order valence-electron chi connectivity index (χ3n) is 3.55. The monoisotopic (exact) mass is 296 g/mol. The van der Waals surface area contributed by atoms with Gasteiger partial charge in [-0.2, -0.15) is 0 Å². The van der Waals surface area contributed by atoms with Gasteiger partial charge in [-0.15, -0.1) is 0 Å². The van der Waals surface area contributed by atoms with Crippen LogP contribution in [0.15, 0.2) is 23.6 Å². The molecule has 0 aromatic rings. The van der Waals surface area contributed by atoms with E-state index in [4.69, 9.17) is 9.84 Å². The van der Waals surface area contributed by atoms with Crippen molar-refractivity contribution in [1.82, 2.24) is 9.80 Å². The Labute approximate surface area is 120 Å². The molecule has 8 heteroatoms. The van der Waals surface area contributed by atoms with Gasteiger partial charge in [0.1, 0.15) is 5.76 Å². The number of hydrogen-bond donors (Lipinski definition) is 2. The first-order valence-corrected chi connectivity index (χ1v) is 6.24. The number of amides is 3. The highest BCUT2D eigenvalue weighted by Gasteiger charge is 2.46. The van der Waals surface area contributed by atoms with Crippen LogP contribution in [0.1, 0.15) is 6.42 Å². The van der Waals surface area contributed by atoms with Crippen LogP contribution >= 0.6 is 0 Å². The molecule has 2 heterocycles. The van der Waals surface area contributed by atoms with E-state index >= 15 is 0 Å². The van der Waals surface area contributed by atoms with Gasteiger partial charge < -0.3 is 19.8 Å². The summed E-state index contributed by atoms with van der Waals surface area (Å²) in [4.78, 5) is 37.6. The molecule has 21 heavy (non-hydrogen) atoms. The van der Waals surface area contributed by atoms with Crippen molar-refractivity contribution in [3.8, 4) is 0 Å². The first-order valence-electron chi connectivity index (χ1n) is 6.24. The lowest BCUT2D eigenvalue weighted by molar-refractivity contribution is -0.145. The molecule has 114 valence electrons. The van der Waals surface area contributed by atoms with E-state index in [1.807, 2.05) is 0 Å². The van der Waals surface area contributed by atoms with Crippen LogP contribution in [0.5, 0.6) is 0 Å². The minimum atomic E-state index is -1.91. The molecule has 0 bridgehead atoms. The molecule has 3 amide bonds. The summed E-state index contributed by atoms with van der Waals surface area (Å²) in [5.74, 6) is -1.43. The predicted octanol–water partition coefficient (Wildman–Crippen LogP) is -1.65. The van der Waals surface area contributed by atoms with E-state index in [0.717, 1.165) is 15.9 Å². The smallest absolute Gasteiger partial charge is 0.261 e. The van der Waals surface area contributed by atoms with Gasteiger partial charge in [0.15, 0.2) is 5.60 Å². The first kappa shape index (κ1) is 15.2. The second-order valence-corrected chi connectivity index (χ2v) is 4.94. The van der Waals surface area contributed by atoms with Crippen molar-refractivity contribution >= 4 is 17.7 Å². The number of rotatable bonds is 3. The number of aliphatic hydroxyl groups excluding tert-OH is 1. The molecule has 0 aromatic carbocycles. The van der Waals surface area contributed by atoms with Crippen molar-refractivity contribution in [1.29, 1.82) is 0 Å². The lowest BCUT2D eigenvalue weighted by atomic mass is 10.0. The van der Waals surface area contributed by atoms with Gasteiger partial charge in [0.05, 0.1) is 20.3 Å². The number of imide groups is 1. The Kier molecular flexibility index (Phi) is 3.84. The number of likely N-dealkylation sites (N-methyl/N-ethyl adjacent to an activating group) is 1. The maximum Gasteiger partial charge on any atom is 0.261 e. The summed E-state index contributed by atoms with van der Waals surface area (Å²) >= 11 is 0. The summed E-state index contributed by atoms with van der Waals surface area (Å²) in [5.41, 5.74) is -1.67. The van der Waals surface area contributed by atoms with Crippen LogP contribution in [0.2, 0.25) is 0 Å². The van der Waals surface area contributed by atoms with Crippen molar-refractivity contribution in [2.45, 2.75) is 12.0 Å². The molecule has 0 aliphatic carbocycles. The summed E-state index contributed by atoms with van der Waals surface area (Å²) in [7, 11) is 2.79. The predicted molar refractivity (Wildman–Crippen MR) is 69.3 cm³/mol. The average Bonchev–Trinajstić information content (AvgIpc) is 2.94. The molecule has 0 unspecified atom stereocenters. The fourth-order valence-electron chi connectivity index (χ4n) is 2.23. The molecule has 2 rings (SSSR count). The van der Waals surface area contributed by atoms with Crippen LogP contribution in [-0.4, -0.2) is 70.6 Å². The molecular weight excluding hydrogens is 280 g/mol. The van der Waals surface area contributed by atoms with Crippen molar-refractivity contribution in [3.05, 3.63) is 23.6 Å². The zero-order chi connectivity index (χ0) is 15.8. The summed E-state index contributed by atoms with van der Waals surface area (Å²) in [6.07, 6.45) is 2.14. The standard InChI is InChI=1S/C13H16N2O6/c1-14-8(5-13(20,7-16)12(14)19)3-10(17)15-6-9(21-2)4-11(15)18/h3-4,16,20H,5-7H2,1-2H3/b8-3+/t13-/m1/s1. The van der Waals surface area contributed by atoms with E-state index in [-0.39, 0.29) is 18.7 Å². The highest BCUT2D eigenvalue weighted by atomic mass is 16.5. The van der Waals surface area contributed by atoms with Crippen LogP contribution in [0.25, 0.3) is 0 Å². The van der Waals surface area contributed by atoms with E-state index in [1.54, 1.807) is 0 Å². The van der Waals surface area contributed by atoms with Gasteiger partial charge in [0, 0.05) is 31.3 Å². The van der Waals surface area contributed by atoms with Gasteiger partial charge in [0.2, 0.25) is 0 Å². The Morgan fingerprint density at radius 3 is 2.67 bits per heavy atom. The molecule has 1 fully saturated rings. The second kappa shape index (κ2) is 5.30. The molecule has 0 aromatic heterocycles. The summed E-state index contributed by atoms with van der Waals surface area (Å²) < 4.78 is 4.91. The number of methoxy groups -OCH3 is 1. The van der Waals surface area contributed by atoms with Crippen LogP contribution in [0.4, 0.5) is 0 Å². The van der Waals surface area contributed by atoms with Gasteiger partial charge >= 0.3 is 0 Å². The summed E-state index contributed by atoms with van der Waals surface area (Å²) in [5, 5.41) is 19.0. The highest BCUT2D eigenvalue weighted by molar-refractivity contribution is 6.07. The van der Waals surface area contributed by atoms with Gasteiger partial charge in [-0.3, -0.25) is 19.3 Å². The largest absolute Gasteiger partial charge is 0.499 e. The highest BCUT2D eigenvalue weighted by Crippen LogP contribution is 2.30. The molecule has 1 saturated heterocycles. The third kappa shape index (κ3) is 2.55. The quantitative estimate of drug-likeness (QED) is 0.605. The lowest BCUT2D eigenvalue weighted by Crippen LogP contribution is -2.41. The molecule has 2 N–H and O–H groups in total. The van der Waals surface area contributed by atoms with Crippen LogP contribution < -0.4 is 0 Å². The Bertz CT molecular complexity index is 567. The van der Waals surface area contributed by atoms with Gasteiger partial charge in [-0.1, -0.05) is 0 Å². The number of carbonyl (C=O) groups is 3. The Morgan fingerprint density at radius 1 is 1.52 bits per heavy atom. The zero-order valence-corrected chi connectivity index (χ0v) is 11.7. The molecule has 1 atom stereocenters. The van der Waals surface area contributed by atoms with E-state index in [9.17, 15) is 19.5 Å². The Morgan fingerprint density at radius 2 is 2.19 bits per heavy atom. The number of carbonyl (C=O) groups excluding carboxylic acids is 3. The summed E-state index contributed by atoms with van der Waals surface area (Å²) in [6, 6.07) is 0. The van der Waals surface area contributed by atoms with E-state index in [2.05, 4.69) is 0 Å². The topological polar surface area (TPSA) is 107 Å². The maximum atomic E-state index is 12.1. The fraction of sp³-hybridized carbons (Fsp3) is 0.462. The van der Waals surface area contributed by atoms with E-state index < -0.39 is 29.9 Å². The average molecular weight is 296 g/mol. The number of likely N-dealkylation sites (tertiary alicyclic amines) is 1. The second-order valence-electron chi connectivity index (χ2n) is 4.94. The molecule has 0 saturated carbocycles. The molecule has 2 aliphatic heterocycles. The van der Waals surface area contributed by atoms with Gasteiger partial charge in [-0.25, -0.2) is 0 Å². The van der Waals surface area contributed by atoms with E-state index in [1.165, 1.54) is 20.2 Å². The first-order chi connectivity index (χ1) is 9.82. The van der Waals surface area contributed by atoms with Crippen molar-refractivity contribution in [3.63, 3.8) is 0 Å². The Balaban J connectivity index is 2.16. The van der Waals surface area contributed by atoms with Crippen molar-refractivity contribution in [2.75, 3.05) is 27.3 Å². The molecule has 0 radical (unpaired) electrons. The Hall–Kier alpha value is -2.19. The van der Waals surface area contributed by atoms with Crippen LogP contribution in [0.3, 0.4) is 0 Å². The SMILES string of the molecule is COC1=CC(=O)N(C(=O)/C=C2\C[C@@](O)(CO)C(=O)N2C)C1. The number of aliphatic hydroxyl groups is 2. The summed E-state index contributed by atoms with van der Waals surface area (Å²) in [6.45, 7) is -0.709. The third-order valence-corrected chi connectivity index (χ3v) is 3.55. The van der Waals surface area contributed by atoms with Gasteiger partial charge in [-0.05, 0) is 0 Å². The maximum absolute atomic E-state index is 12.1. The minimum absolute atomic E-state index is 0.0277. The van der Waals surface area contributed by atoms with Crippen LogP contribution in [0, 0.1) is 0 Å². The number of nitrogens with zero attached hydrogens (tertiary/aromatic N) is 2. The number of hydrogen-bond acceptors (Lipinski definition) is 6. The van der Waals surface area contributed by atoms with Gasteiger partial charge in [0.25, 0.3) is 17.7 Å². The van der Waals surface area contributed by atoms with Crippen molar-refractivity contribution < 1.29 is 29.3 Å². The molecular formula is C13H16N2O6. The fourth-order valence-corrected chi connectivity index (χ4v) is 2.23. The molecule has 2 aliphatic rings.